The Morgan fingerprint density at radius 2 is 2.00 bits per heavy atom. The van der Waals surface area contributed by atoms with Crippen LogP contribution in [-0.2, 0) is 20.1 Å². The van der Waals surface area contributed by atoms with Crippen LogP contribution in [0, 0.1) is 6.92 Å². The zero-order valence-electron chi connectivity index (χ0n) is 12.4. The minimum absolute atomic E-state index is 0. The van der Waals surface area contributed by atoms with Gasteiger partial charge in [0.2, 0.25) is 0 Å². The van der Waals surface area contributed by atoms with E-state index in [1.165, 1.54) is 0 Å². The lowest BCUT2D eigenvalue weighted by Gasteiger charge is -2.11. The van der Waals surface area contributed by atoms with E-state index in [0.717, 1.165) is 23.2 Å². The second-order valence-corrected chi connectivity index (χ2v) is 4.32. The Bertz CT molecular complexity index is 594. The molecule has 0 saturated carbocycles. The Morgan fingerprint density at radius 3 is 2.62 bits per heavy atom. The lowest BCUT2D eigenvalue weighted by atomic mass is 10.4. The molecule has 2 aromatic rings. The van der Waals surface area contributed by atoms with Crippen LogP contribution in [0.25, 0.3) is 0 Å². The molecule has 21 heavy (non-hydrogen) atoms. The van der Waals surface area contributed by atoms with Crippen LogP contribution in [0.3, 0.4) is 0 Å². The SMILES string of the molecule is CN=C(NCc1ccnc(C)n1)NCc1ccnn1C.I. The van der Waals surface area contributed by atoms with Crippen molar-refractivity contribution in [2.45, 2.75) is 20.0 Å². The molecular weight excluding hydrogens is 381 g/mol. The Balaban J connectivity index is 0.00000220. The van der Waals surface area contributed by atoms with Crippen molar-refractivity contribution in [1.29, 1.82) is 0 Å². The van der Waals surface area contributed by atoms with Crippen LogP contribution < -0.4 is 10.6 Å². The summed E-state index contributed by atoms with van der Waals surface area (Å²) in [7, 11) is 3.65. The Labute approximate surface area is 141 Å². The van der Waals surface area contributed by atoms with Crippen molar-refractivity contribution in [2.24, 2.45) is 12.0 Å². The van der Waals surface area contributed by atoms with Crippen molar-refractivity contribution in [1.82, 2.24) is 30.4 Å². The van der Waals surface area contributed by atoms with Crippen molar-refractivity contribution in [2.75, 3.05) is 7.05 Å². The molecule has 2 heterocycles. The first-order valence-electron chi connectivity index (χ1n) is 6.39. The van der Waals surface area contributed by atoms with Gasteiger partial charge in [-0.15, -0.1) is 24.0 Å². The molecule has 0 saturated heterocycles. The molecule has 0 aliphatic rings. The highest BCUT2D eigenvalue weighted by Gasteiger charge is 2.02. The third-order valence-electron chi connectivity index (χ3n) is 2.85. The van der Waals surface area contributed by atoms with Crippen LogP contribution in [0.4, 0.5) is 0 Å². The van der Waals surface area contributed by atoms with Crippen molar-refractivity contribution < 1.29 is 0 Å². The smallest absolute Gasteiger partial charge is 0.191 e. The van der Waals surface area contributed by atoms with E-state index in [1.807, 2.05) is 30.8 Å². The van der Waals surface area contributed by atoms with E-state index in [9.17, 15) is 0 Å². The first-order valence-corrected chi connectivity index (χ1v) is 6.39. The van der Waals surface area contributed by atoms with E-state index in [-0.39, 0.29) is 24.0 Å². The normalized spacial score (nSPS) is 10.9. The van der Waals surface area contributed by atoms with Crippen LogP contribution in [0.2, 0.25) is 0 Å². The third kappa shape index (κ3) is 5.29. The molecular formula is C13H20IN7. The molecule has 0 amide bonds. The summed E-state index contributed by atoms with van der Waals surface area (Å²) in [5.74, 6) is 1.49. The van der Waals surface area contributed by atoms with Gasteiger partial charge in [0.15, 0.2) is 5.96 Å². The number of aryl methyl sites for hydroxylation is 2. The van der Waals surface area contributed by atoms with E-state index < -0.39 is 0 Å². The fourth-order valence-corrected chi connectivity index (χ4v) is 1.75. The summed E-state index contributed by atoms with van der Waals surface area (Å²) in [5.41, 5.74) is 2.02. The van der Waals surface area contributed by atoms with E-state index in [2.05, 4.69) is 30.7 Å². The predicted octanol–water partition coefficient (Wildman–Crippen LogP) is 1.00. The molecule has 7 nitrogen and oxygen atoms in total. The predicted molar refractivity (Wildman–Crippen MR) is 92.4 cm³/mol. The minimum atomic E-state index is 0. The topological polar surface area (TPSA) is 80.0 Å². The molecule has 0 unspecified atom stereocenters. The number of guanidine groups is 1. The Morgan fingerprint density at radius 1 is 1.24 bits per heavy atom. The molecule has 0 fully saturated rings. The monoisotopic (exact) mass is 401 g/mol. The van der Waals surface area contributed by atoms with Crippen LogP contribution in [0.5, 0.6) is 0 Å². The average Bonchev–Trinajstić information content (AvgIpc) is 2.85. The molecule has 0 aromatic carbocycles. The van der Waals surface area contributed by atoms with Gasteiger partial charge in [-0.2, -0.15) is 5.10 Å². The summed E-state index contributed by atoms with van der Waals surface area (Å²) in [6, 6.07) is 3.85. The molecule has 0 bridgehead atoms. The van der Waals surface area contributed by atoms with E-state index in [4.69, 9.17) is 0 Å². The van der Waals surface area contributed by atoms with E-state index in [1.54, 1.807) is 19.4 Å². The first kappa shape index (κ1) is 17.3. The molecule has 2 rings (SSSR count). The van der Waals surface area contributed by atoms with Gasteiger partial charge in [-0.1, -0.05) is 0 Å². The number of hydrogen-bond acceptors (Lipinski definition) is 4. The largest absolute Gasteiger partial charge is 0.351 e. The highest BCUT2D eigenvalue weighted by atomic mass is 127. The summed E-state index contributed by atoms with van der Waals surface area (Å²) < 4.78 is 1.83. The molecule has 0 spiro atoms. The summed E-state index contributed by atoms with van der Waals surface area (Å²) in [6.07, 6.45) is 3.53. The maximum Gasteiger partial charge on any atom is 0.191 e. The fraction of sp³-hybridized carbons (Fsp3) is 0.385. The lowest BCUT2D eigenvalue weighted by molar-refractivity contribution is 0.683. The first-order chi connectivity index (χ1) is 9.69. The number of rotatable bonds is 4. The van der Waals surface area contributed by atoms with Gasteiger partial charge in [0.1, 0.15) is 5.82 Å². The molecule has 2 aromatic heterocycles. The highest BCUT2D eigenvalue weighted by molar-refractivity contribution is 14.0. The summed E-state index contributed by atoms with van der Waals surface area (Å²) >= 11 is 0. The minimum Gasteiger partial charge on any atom is -0.351 e. The van der Waals surface area contributed by atoms with E-state index in [0.29, 0.717) is 13.1 Å². The Kier molecular flexibility index (Phi) is 7.06. The maximum absolute atomic E-state index is 4.33. The Hall–Kier alpha value is -1.71. The lowest BCUT2D eigenvalue weighted by Crippen LogP contribution is -2.37. The molecule has 0 aliphatic carbocycles. The number of nitrogens with one attached hydrogen (secondary N) is 2. The molecule has 8 heteroatoms. The van der Waals surface area contributed by atoms with Gasteiger partial charge in [-0.3, -0.25) is 9.67 Å². The molecule has 0 atom stereocenters. The fourth-order valence-electron chi connectivity index (χ4n) is 1.75. The van der Waals surface area contributed by atoms with Crippen molar-refractivity contribution in [3.05, 3.63) is 41.7 Å². The van der Waals surface area contributed by atoms with Crippen molar-refractivity contribution >= 4 is 29.9 Å². The van der Waals surface area contributed by atoms with Gasteiger partial charge in [0, 0.05) is 26.5 Å². The number of halogens is 1. The van der Waals surface area contributed by atoms with E-state index >= 15 is 0 Å². The molecule has 0 aliphatic heterocycles. The highest BCUT2D eigenvalue weighted by Crippen LogP contribution is 1.96. The van der Waals surface area contributed by atoms with Gasteiger partial charge in [0.25, 0.3) is 0 Å². The van der Waals surface area contributed by atoms with Gasteiger partial charge in [-0.05, 0) is 19.1 Å². The van der Waals surface area contributed by atoms with Crippen LogP contribution in [0.15, 0.2) is 29.5 Å². The summed E-state index contributed by atoms with van der Waals surface area (Å²) in [4.78, 5) is 12.6. The van der Waals surface area contributed by atoms with Gasteiger partial charge < -0.3 is 10.6 Å². The number of hydrogen-bond donors (Lipinski definition) is 2. The average molecular weight is 401 g/mol. The zero-order chi connectivity index (χ0) is 14.4. The zero-order valence-corrected chi connectivity index (χ0v) is 14.7. The van der Waals surface area contributed by atoms with Crippen LogP contribution in [-0.4, -0.2) is 32.8 Å². The molecule has 114 valence electrons. The second kappa shape index (κ2) is 8.55. The van der Waals surface area contributed by atoms with Gasteiger partial charge >= 0.3 is 0 Å². The number of aromatic nitrogens is 4. The van der Waals surface area contributed by atoms with Crippen LogP contribution in [0.1, 0.15) is 17.2 Å². The number of aliphatic imine (C=N–C) groups is 1. The molecule has 2 N–H and O–H groups in total. The molecule has 0 radical (unpaired) electrons. The third-order valence-corrected chi connectivity index (χ3v) is 2.85. The number of nitrogens with zero attached hydrogens (tertiary/aromatic N) is 5. The van der Waals surface area contributed by atoms with Gasteiger partial charge in [0.05, 0.1) is 24.5 Å². The van der Waals surface area contributed by atoms with Crippen LogP contribution >= 0.6 is 24.0 Å². The van der Waals surface area contributed by atoms with Crippen molar-refractivity contribution in [3.8, 4) is 0 Å². The van der Waals surface area contributed by atoms with Gasteiger partial charge in [-0.25, -0.2) is 9.97 Å². The maximum atomic E-state index is 4.33. The summed E-state index contributed by atoms with van der Waals surface area (Å²) in [5, 5.41) is 10.6. The summed E-state index contributed by atoms with van der Waals surface area (Å²) in [6.45, 7) is 3.15. The van der Waals surface area contributed by atoms with Crippen molar-refractivity contribution in [3.63, 3.8) is 0 Å². The quantitative estimate of drug-likeness (QED) is 0.454. The standard InChI is InChI=1S/C13H19N7.HI/c1-10-15-6-4-11(19-10)8-16-13(14-2)17-9-12-5-7-18-20(12)3;/h4-7H,8-9H2,1-3H3,(H2,14,16,17);1H. The second-order valence-electron chi connectivity index (χ2n) is 4.32.